The highest BCUT2D eigenvalue weighted by molar-refractivity contribution is 9.10. The highest BCUT2D eigenvalue weighted by atomic mass is 79.9. The van der Waals surface area contributed by atoms with Crippen molar-refractivity contribution in [3.05, 3.63) is 44.8 Å². The molecule has 0 amide bonds. The minimum Gasteiger partial charge on any atom is -0.486 e. The van der Waals surface area contributed by atoms with E-state index in [1.807, 2.05) is 24.3 Å². The quantitative estimate of drug-likeness (QED) is 0.865. The normalized spacial score (nSPS) is 11.6. The summed E-state index contributed by atoms with van der Waals surface area (Å²) >= 11 is 5.13. The lowest BCUT2D eigenvalue weighted by atomic mass is 10.1. The Morgan fingerprint density at radius 1 is 1.30 bits per heavy atom. The molecule has 1 aromatic heterocycles. The molecule has 1 aromatic carbocycles. The van der Waals surface area contributed by atoms with Crippen molar-refractivity contribution in [3.8, 4) is 5.75 Å². The summed E-state index contributed by atoms with van der Waals surface area (Å²) in [6, 6.07) is 7.84. The van der Waals surface area contributed by atoms with Gasteiger partial charge >= 0.3 is 0 Å². The van der Waals surface area contributed by atoms with Gasteiger partial charge in [-0.15, -0.1) is 11.3 Å². The van der Waals surface area contributed by atoms with E-state index in [0.717, 1.165) is 27.5 Å². The first-order chi connectivity index (χ1) is 9.44. The summed E-state index contributed by atoms with van der Waals surface area (Å²) in [5, 5.41) is 6.57. The van der Waals surface area contributed by atoms with Gasteiger partial charge in [-0.25, -0.2) is 4.98 Å². The summed E-state index contributed by atoms with van der Waals surface area (Å²) < 4.78 is 6.72. The Labute approximate surface area is 132 Å². The number of ether oxygens (including phenoxy) is 1. The van der Waals surface area contributed by atoms with Crippen LogP contribution in [-0.4, -0.2) is 10.5 Å². The lowest BCUT2D eigenvalue weighted by molar-refractivity contribution is 0.300. The van der Waals surface area contributed by atoms with Crippen molar-refractivity contribution in [1.29, 1.82) is 0 Å². The Hall–Kier alpha value is -0.910. The van der Waals surface area contributed by atoms with Gasteiger partial charge in [-0.2, -0.15) is 0 Å². The van der Waals surface area contributed by atoms with E-state index in [-0.39, 0.29) is 5.54 Å². The van der Waals surface area contributed by atoms with E-state index in [1.165, 1.54) is 0 Å². The van der Waals surface area contributed by atoms with Gasteiger partial charge in [0.15, 0.2) is 0 Å². The van der Waals surface area contributed by atoms with E-state index >= 15 is 0 Å². The first-order valence-corrected chi connectivity index (χ1v) is 8.17. The van der Waals surface area contributed by atoms with E-state index in [9.17, 15) is 0 Å². The fourth-order valence-corrected chi connectivity index (χ4v) is 2.67. The molecule has 0 saturated carbocycles. The van der Waals surface area contributed by atoms with Crippen LogP contribution in [0.25, 0.3) is 0 Å². The van der Waals surface area contributed by atoms with E-state index in [0.29, 0.717) is 6.61 Å². The molecule has 1 heterocycles. The van der Waals surface area contributed by atoms with E-state index < -0.39 is 0 Å². The van der Waals surface area contributed by atoms with Gasteiger partial charge < -0.3 is 10.1 Å². The number of nitrogens with one attached hydrogen (secondary N) is 1. The summed E-state index contributed by atoms with van der Waals surface area (Å²) in [5.74, 6) is 0.842. The maximum Gasteiger partial charge on any atom is 0.134 e. The van der Waals surface area contributed by atoms with E-state index in [2.05, 4.69) is 52.4 Å². The molecule has 5 heteroatoms. The number of nitrogens with zero attached hydrogens (tertiary/aromatic N) is 1. The number of benzene rings is 1. The lowest BCUT2D eigenvalue weighted by Gasteiger charge is -2.19. The predicted octanol–water partition coefficient (Wildman–Crippen LogP) is 4.37. The molecule has 3 nitrogen and oxygen atoms in total. The van der Waals surface area contributed by atoms with Gasteiger partial charge in [-0.3, -0.25) is 0 Å². The summed E-state index contributed by atoms with van der Waals surface area (Å²) in [6.07, 6.45) is 0. The second-order valence-electron chi connectivity index (χ2n) is 5.56. The molecule has 0 bridgehead atoms. The third-order valence-electron chi connectivity index (χ3n) is 2.58. The molecule has 0 fully saturated rings. The van der Waals surface area contributed by atoms with Crippen LogP contribution in [0.4, 0.5) is 0 Å². The molecule has 0 aliphatic heterocycles. The van der Waals surface area contributed by atoms with Crippen molar-refractivity contribution in [2.75, 3.05) is 0 Å². The van der Waals surface area contributed by atoms with Crippen LogP contribution >= 0.6 is 27.3 Å². The average Bonchev–Trinajstić information content (AvgIpc) is 2.83. The van der Waals surface area contributed by atoms with Crippen molar-refractivity contribution in [3.63, 3.8) is 0 Å². The van der Waals surface area contributed by atoms with Crippen LogP contribution in [0, 0.1) is 0 Å². The Balaban J connectivity index is 1.89. The van der Waals surface area contributed by atoms with Gasteiger partial charge in [0.1, 0.15) is 17.4 Å². The van der Waals surface area contributed by atoms with Gasteiger partial charge in [-0.05, 0) is 48.8 Å². The third-order valence-corrected chi connectivity index (χ3v) is 4.13. The van der Waals surface area contributed by atoms with Crippen LogP contribution in [-0.2, 0) is 13.2 Å². The fourth-order valence-electron chi connectivity index (χ4n) is 1.55. The molecule has 0 aliphatic carbocycles. The summed E-state index contributed by atoms with van der Waals surface area (Å²) in [6.45, 7) is 7.74. The molecule has 0 aliphatic rings. The molecule has 2 aromatic rings. The Kier molecular flexibility index (Phi) is 5.18. The second-order valence-corrected chi connectivity index (χ2v) is 7.35. The van der Waals surface area contributed by atoms with Gasteiger partial charge in [0.05, 0.1) is 10.2 Å². The van der Waals surface area contributed by atoms with Crippen LogP contribution in [0.2, 0.25) is 0 Å². The molecule has 0 radical (unpaired) electrons. The second kappa shape index (κ2) is 6.70. The number of hydrogen-bond acceptors (Lipinski definition) is 4. The minimum atomic E-state index is 0.108. The number of halogens is 1. The largest absolute Gasteiger partial charge is 0.486 e. The predicted molar refractivity (Wildman–Crippen MR) is 87.2 cm³/mol. The monoisotopic (exact) mass is 354 g/mol. The van der Waals surface area contributed by atoms with Crippen molar-refractivity contribution in [2.24, 2.45) is 0 Å². The lowest BCUT2D eigenvalue weighted by Crippen LogP contribution is -2.35. The topological polar surface area (TPSA) is 34.2 Å². The summed E-state index contributed by atoms with van der Waals surface area (Å²) in [4.78, 5) is 4.57. The van der Waals surface area contributed by atoms with Crippen LogP contribution in [0.1, 0.15) is 31.5 Å². The van der Waals surface area contributed by atoms with Crippen molar-refractivity contribution >= 4 is 27.3 Å². The Morgan fingerprint density at radius 2 is 2.05 bits per heavy atom. The number of aromatic nitrogens is 1. The van der Waals surface area contributed by atoms with Gasteiger partial charge in [-0.1, -0.05) is 12.1 Å². The molecule has 2 rings (SSSR count). The summed E-state index contributed by atoms with van der Waals surface area (Å²) in [5.41, 5.74) is 1.08. The molecule has 0 atom stereocenters. The van der Waals surface area contributed by atoms with Crippen LogP contribution in [0.5, 0.6) is 5.75 Å². The molecule has 0 saturated heterocycles. The van der Waals surface area contributed by atoms with Gasteiger partial charge in [0, 0.05) is 17.5 Å². The maximum absolute atomic E-state index is 5.76. The maximum atomic E-state index is 5.76. The van der Waals surface area contributed by atoms with Gasteiger partial charge in [0.25, 0.3) is 0 Å². The molecule has 108 valence electrons. The standard InChI is InChI=1S/C15H19BrN2OS/c1-15(2,3)17-8-14-18-11(10-20-14)9-19-13-7-5-4-6-12(13)16/h4-7,10,17H,8-9H2,1-3H3. The molecule has 0 spiro atoms. The fraction of sp³-hybridized carbons (Fsp3) is 0.400. The minimum absolute atomic E-state index is 0.108. The van der Waals surface area contributed by atoms with Crippen LogP contribution in [0.15, 0.2) is 34.1 Å². The number of para-hydroxylation sites is 1. The van der Waals surface area contributed by atoms with Crippen LogP contribution in [0.3, 0.4) is 0 Å². The third kappa shape index (κ3) is 4.89. The van der Waals surface area contributed by atoms with Crippen molar-refractivity contribution in [2.45, 2.75) is 39.5 Å². The first-order valence-electron chi connectivity index (χ1n) is 6.50. The Morgan fingerprint density at radius 3 is 2.75 bits per heavy atom. The first kappa shape index (κ1) is 15.5. The zero-order valence-corrected chi connectivity index (χ0v) is 14.3. The van der Waals surface area contributed by atoms with Crippen LogP contribution < -0.4 is 10.1 Å². The zero-order chi connectivity index (χ0) is 14.6. The number of rotatable bonds is 5. The SMILES string of the molecule is CC(C)(C)NCc1nc(COc2ccccc2Br)cs1. The highest BCUT2D eigenvalue weighted by Gasteiger charge is 2.10. The van der Waals surface area contributed by atoms with Gasteiger partial charge in [0.2, 0.25) is 0 Å². The Bertz CT molecular complexity index is 563. The number of thiazole rings is 1. The summed E-state index contributed by atoms with van der Waals surface area (Å²) in [7, 11) is 0. The highest BCUT2D eigenvalue weighted by Crippen LogP contribution is 2.24. The number of hydrogen-bond donors (Lipinski definition) is 1. The van der Waals surface area contributed by atoms with Crippen molar-refractivity contribution < 1.29 is 4.74 Å². The molecule has 1 N–H and O–H groups in total. The molecular formula is C15H19BrN2OS. The van der Waals surface area contributed by atoms with E-state index in [1.54, 1.807) is 11.3 Å². The van der Waals surface area contributed by atoms with Crippen molar-refractivity contribution in [1.82, 2.24) is 10.3 Å². The van der Waals surface area contributed by atoms with E-state index in [4.69, 9.17) is 4.74 Å². The molecule has 20 heavy (non-hydrogen) atoms. The smallest absolute Gasteiger partial charge is 0.134 e. The average molecular weight is 355 g/mol. The molecule has 0 unspecified atom stereocenters. The zero-order valence-electron chi connectivity index (χ0n) is 11.9. The molecular weight excluding hydrogens is 336 g/mol.